The third-order valence-corrected chi connectivity index (χ3v) is 0.231. The van der Waals surface area contributed by atoms with Crippen molar-refractivity contribution in [3.8, 4) is 0 Å². The maximum atomic E-state index is 10.5. The zero-order chi connectivity index (χ0) is 6.08. The molecule has 0 aromatic carbocycles. The number of aliphatic carboxylic acids is 1. The molecule has 0 amide bonds. The first-order chi connectivity index (χ1) is 2.94. The van der Waals surface area contributed by atoms with Gasteiger partial charge in [-0.2, -0.15) is 13.2 Å². The molecule has 0 atom stereocenters. The van der Waals surface area contributed by atoms with Gasteiger partial charge in [-0.3, -0.25) is 0 Å². The van der Waals surface area contributed by atoms with Crippen LogP contribution < -0.4 is 5.11 Å². The van der Waals surface area contributed by atoms with E-state index in [2.05, 4.69) is 0 Å². The van der Waals surface area contributed by atoms with Crippen LogP contribution in [0.25, 0.3) is 0 Å². The van der Waals surface area contributed by atoms with E-state index < -0.39 is 12.1 Å². The summed E-state index contributed by atoms with van der Waals surface area (Å²) in [6.07, 6.45) is -5.19. The van der Waals surface area contributed by atoms with Crippen LogP contribution in [-0.4, -0.2) is 39.4 Å². The molecule has 0 N–H and O–H groups in total. The summed E-state index contributed by atoms with van der Waals surface area (Å²) in [7, 11) is 0. The molecule has 0 aliphatic heterocycles. The van der Waals surface area contributed by atoms with Crippen LogP contribution in [0.2, 0.25) is 0 Å². The van der Waals surface area contributed by atoms with E-state index >= 15 is 0 Å². The Kier molecular flexibility index (Phi) is 4.49. The van der Waals surface area contributed by atoms with Gasteiger partial charge in [-0.05, 0) is 0 Å². The van der Waals surface area contributed by atoms with Crippen LogP contribution in [0.15, 0.2) is 0 Å². The standard InChI is InChI=1S/C2HF3O2.Tl/c3-2(4,5)1(6)7;/h(H,6,7);/q;+3/p-1. The van der Waals surface area contributed by atoms with Crippen molar-refractivity contribution in [2.45, 2.75) is 6.18 Å². The Morgan fingerprint density at radius 1 is 1.38 bits per heavy atom. The molecule has 0 aliphatic carbocycles. The molecule has 0 rings (SSSR count). The zero-order valence-corrected chi connectivity index (χ0v) is 8.02. The average molecular weight is 317 g/mol. The zero-order valence-electron chi connectivity index (χ0n) is 3.53. The largest absolute Gasteiger partial charge is 3.00 e. The third kappa shape index (κ3) is 4.34. The van der Waals surface area contributed by atoms with Gasteiger partial charge in [0.25, 0.3) is 0 Å². The average Bonchev–Trinajstić information content (AvgIpc) is 1.31. The van der Waals surface area contributed by atoms with E-state index in [1.54, 1.807) is 0 Å². The molecule has 6 heteroatoms. The summed E-state index contributed by atoms with van der Waals surface area (Å²) in [5, 5.41) is 8.78. The molecule has 0 aromatic heterocycles. The number of carboxylic acid groups (broad SMARTS) is 1. The first-order valence-electron chi connectivity index (χ1n) is 1.23. The molecule has 0 heterocycles. The Bertz CT molecular complexity index is 87.8. The van der Waals surface area contributed by atoms with Crippen molar-refractivity contribution in [3.05, 3.63) is 0 Å². The number of hydrogen-bond donors (Lipinski definition) is 0. The van der Waals surface area contributed by atoms with E-state index in [9.17, 15) is 13.2 Å². The van der Waals surface area contributed by atoms with E-state index in [1.165, 1.54) is 0 Å². The number of alkyl halides is 3. The van der Waals surface area contributed by atoms with E-state index in [0.717, 1.165) is 0 Å². The minimum Gasteiger partial charge on any atom is -0.542 e. The molecule has 0 spiro atoms. The summed E-state index contributed by atoms with van der Waals surface area (Å²) in [4.78, 5) is 8.78. The Morgan fingerprint density at radius 3 is 1.50 bits per heavy atom. The molecular formula is C2F3O2Tl+2. The van der Waals surface area contributed by atoms with E-state index in [-0.39, 0.29) is 27.3 Å². The third-order valence-electron chi connectivity index (χ3n) is 0.231. The molecular weight excluding hydrogens is 317 g/mol. The van der Waals surface area contributed by atoms with Crippen molar-refractivity contribution in [2.24, 2.45) is 0 Å². The van der Waals surface area contributed by atoms with Gasteiger partial charge < -0.3 is 9.90 Å². The smallest absolute Gasteiger partial charge is 0.542 e. The fourth-order valence-corrected chi connectivity index (χ4v) is 0. The topological polar surface area (TPSA) is 40.1 Å². The summed E-state index contributed by atoms with van der Waals surface area (Å²) in [5.74, 6) is -3.01. The molecule has 0 unspecified atom stereocenters. The monoisotopic (exact) mass is 318 g/mol. The number of hydrogen-bond acceptors (Lipinski definition) is 2. The predicted octanol–water partition coefficient (Wildman–Crippen LogP) is -1.08. The Morgan fingerprint density at radius 2 is 1.50 bits per heavy atom. The molecule has 2 nitrogen and oxygen atoms in total. The van der Waals surface area contributed by atoms with Gasteiger partial charge >= 0.3 is 33.5 Å². The van der Waals surface area contributed by atoms with Crippen molar-refractivity contribution in [1.29, 1.82) is 0 Å². The Labute approximate surface area is 62.8 Å². The number of carbonyl (C=O) groups excluding carboxylic acids is 1. The fourth-order valence-electron chi connectivity index (χ4n) is 0. The van der Waals surface area contributed by atoms with Crippen LogP contribution >= 0.6 is 0 Å². The van der Waals surface area contributed by atoms with Gasteiger partial charge in [-0.15, -0.1) is 0 Å². The van der Waals surface area contributed by atoms with Gasteiger partial charge in [0.15, 0.2) is 0 Å². The van der Waals surface area contributed by atoms with Crippen LogP contribution in [-0.2, 0) is 4.79 Å². The summed E-state index contributed by atoms with van der Waals surface area (Å²) in [6, 6.07) is 0. The molecule has 0 saturated heterocycles. The van der Waals surface area contributed by atoms with Gasteiger partial charge in [0, 0.05) is 0 Å². The van der Waals surface area contributed by atoms with Crippen LogP contribution in [0.1, 0.15) is 0 Å². The van der Waals surface area contributed by atoms with E-state index in [0.29, 0.717) is 0 Å². The minimum absolute atomic E-state index is 0. The number of halogens is 3. The second-order valence-electron chi connectivity index (χ2n) is 0.785. The molecule has 0 bridgehead atoms. The number of carbonyl (C=O) groups is 1. The van der Waals surface area contributed by atoms with Crippen molar-refractivity contribution in [3.63, 3.8) is 0 Å². The first-order valence-corrected chi connectivity index (χ1v) is 1.23. The first kappa shape index (κ1) is 11.0. The summed E-state index contributed by atoms with van der Waals surface area (Å²) in [5.41, 5.74) is 0. The van der Waals surface area contributed by atoms with Crippen LogP contribution in [0.3, 0.4) is 0 Å². The molecule has 0 radical (unpaired) electrons. The van der Waals surface area contributed by atoms with Crippen LogP contribution in [0, 0.1) is 0 Å². The molecule has 0 aliphatic rings. The van der Waals surface area contributed by atoms with Gasteiger partial charge in [0.1, 0.15) is 5.97 Å². The van der Waals surface area contributed by atoms with Gasteiger partial charge in [-0.25, -0.2) is 0 Å². The van der Waals surface area contributed by atoms with E-state index in [4.69, 9.17) is 9.90 Å². The van der Waals surface area contributed by atoms with Crippen molar-refractivity contribution < 1.29 is 23.1 Å². The van der Waals surface area contributed by atoms with Crippen molar-refractivity contribution in [1.82, 2.24) is 0 Å². The second kappa shape index (κ2) is 3.26. The number of rotatable bonds is 0. The Balaban J connectivity index is 0. The molecule has 0 saturated carbocycles. The van der Waals surface area contributed by atoms with Gasteiger partial charge in [0.05, 0.1) is 0 Å². The molecule has 8 heavy (non-hydrogen) atoms. The van der Waals surface area contributed by atoms with Crippen molar-refractivity contribution >= 4 is 33.3 Å². The van der Waals surface area contributed by atoms with Crippen LogP contribution in [0.4, 0.5) is 13.2 Å². The van der Waals surface area contributed by atoms with E-state index in [1.807, 2.05) is 0 Å². The Hall–Kier alpha value is 0.182. The SMILES string of the molecule is O=C([O-])C(F)(F)F.[Tl+3]. The summed E-state index contributed by atoms with van der Waals surface area (Å²) >= 11 is 0. The summed E-state index contributed by atoms with van der Waals surface area (Å²) < 4.78 is 31.5. The normalized spacial score (nSPS) is 9.88. The predicted molar refractivity (Wildman–Crippen MR) is 16.8 cm³/mol. The maximum absolute atomic E-state index is 10.5. The second-order valence-corrected chi connectivity index (χ2v) is 0.785. The summed E-state index contributed by atoms with van der Waals surface area (Å²) in [6.45, 7) is 0. The molecule has 0 fully saturated rings. The molecule has 0 aromatic rings. The van der Waals surface area contributed by atoms with Crippen LogP contribution in [0.5, 0.6) is 0 Å². The number of carboxylic acids is 1. The quantitative estimate of drug-likeness (QED) is 0.533. The molecule has 42 valence electrons. The minimum atomic E-state index is -5.19. The van der Waals surface area contributed by atoms with Crippen molar-refractivity contribution in [2.75, 3.05) is 0 Å². The maximum Gasteiger partial charge on any atom is 3.00 e. The van der Waals surface area contributed by atoms with Gasteiger partial charge in [0.2, 0.25) is 0 Å². The van der Waals surface area contributed by atoms with Gasteiger partial charge in [-0.1, -0.05) is 0 Å². The fraction of sp³-hybridized carbons (Fsp3) is 0.500.